The second-order valence-electron chi connectivity index (χ2n) is 2.71. The summed E-state index contributed by atoms with van der Waals surface area (Å²) in [6.45, 7) is 0.698. The largest absolute Gasteiger partial charge is 0.481 e. The molecule has 62 valence electrons. The fourth-order valence-corrected chi connectivity index (χ4v) is 1.22. The minimum Gasteiger partial charge on any atom is -0.481 e. The third-order valence-corrected chi connectivity index (χ3v) is 1.87. The molecule has 0 spiro atoms. The van der Waals surface area contributed by atoms with Gasteiger partial charge in [-0.05, 0) is 12.8 Å². The number of carbonyl (C=O) groups excluding carboxylic acids is 1. The predicted octanol–water partition coefficient (Wildman–Crippen LogP) is -0.0127. The van der Waals surface area contributed by atoms with Gasteiger partial charge in [0, 0.05) is 18.9 Å². The molecule has 0 aromatic rings. The Morgan fingerprint density at radius 2 is 2.45 bits per heavy atom. The van der Waals surface area contributed by atoms with Crippen molar-refractivity contribution in [2.75, 3.05) is 6.54 Å². The molecule has 11 heavy (non-hydrogen) atoms. The zero-order valence-corrected chi connectivity index (χ0v) is 6.17. The Balaban J connectivity index is 2.26. The average Bonchev–Trinajstić information content (AvgIpc) is 2.31. The van der Waals surface area contributed by atoms with Crippen molar-refractivity contribution in [3.63, 3.8) is 0 Å². The van der Waals surface area contributed by atoms with Crippen LogP contribution in [-0.4, -0.2) is 23.5 Å². The Morgan fingerprint density at radius 3 is 2.91 bits per heavy atom. The molecule has 1 amide bonds. The topological polar surface area (TPSA) is 66.4 Å². The van der Waals surface area contributed by atoms with Crippen LogP contribution >= 0.6 is 0 Å². The number of nitrogens with one attached hydrogen (secondary N) is 1. The van der Waals surface area contributed by atoms with Crippen LogP contribution in [0.4, 0.5) is 0 Å². The molecular weight excluding hydrogens is 146 g/mol. The lowest BCUT2D eigenvalue weighted by Gasteiger charge is -2.01. The molecule has 0 bridgehead atoms. The van der Waals surface area contributed by atoms with Gasteiger partial charge in [0.05, 0.1) is 0 Å². The van der Waals surface area contributed by atoms with Gasteiger partial charge >= 0.3 is 5.97 Å². The molecule has 1 heterocycles. The van der Waals surface area contributed by atoms with Crippen molar-refractivity contribution < 1.29 is 14.7 Å². The van der Waals surface area contributed by atoms with Crippen LogP contribution in [0.5, 0.6) is 0 Å². The van der Waals surface area contributed by atoms with Gasteiger partial charge in [-0.2, -0.15) is 0 Å². The molecule has 1 atom stereocenters. The van der Waals surface area contributed by atoms with Crippen LogP contribution in [0.2, 0.25) is 0 Å². The molecule has 0 radical (unpaired) electrons. The van der Waals surface area contributed by atoms with E-state index in [1.807, 2.05) is 0 Å². The lowest BCUT2D eigenvalue weighted by Crippen LogP contribution is -2.19. The first-order valence-electron chi connectivity index (χ1n) is 3.69. The SMILES string of the molecule is O=C(O)CCC1CCNC1=O. The Bertz CT molecular complexity index is 179. The van der Waals surface area contributed by atoms with E-state index in [-0.39, 0.29) is 18.2 Å². The number of rotatable bonds is 3. The standard InChI is InChI=1S/C7H11NO3/c9-6(10)2-1-5-3-4-8-7(5)11/h5H,1-4H2,(H,8,11)(H,9,10). The van der Waals surface area contributed by atoms with Gasteiger partial charge in [-0.15, -0.1) is 0 Å². The molecule has 0 aromatic heterocycles. The van der Waals surface area contributed by atoms with E-state index in [1.165, 1.54) is 0 Å². The highest BCUT2D eigenvalue weighted by Crippen LogP contribution is 2.15. The van der Waals surface area contributed by atoms with Crippen LogP contribution in [-0.2, 0) is 9.59 Å². The van der Waals surface area contributed by atoms with Crippen LogP contribution in [0.3, 0.4) is 0 Å². The van der Waals surface area contributed by atoms with Crippen LogP contribution in [0.1, 0.15) is 19.3 Å². The maximum atomic E-state index is 10.9. The second-order valence-corrected chi connectivity index (χ2v) is 2.71. The normalized spacial score (nSPS) is 23.3. The summed E-state index contributed by atoms with van der Waals surface area (Å²) in [6.07, 6.45) is 1.35. The second kappa shape index (κ2) is 3.37. The minimum atomic E-state index is -0.829. The quantitative estimate of drug-likeness (QED) is 0.605. The van der Waals surface area contributed by atoms with Gasteiger partial charge in [-0.3, -0.25) is 9.59 Å². The molecule has 2 N–H and O–H groups in total. The van der Waals surface area contributed by atoms with E-state index in [9.17, 15) is 9.59 Å². The number of aliphatic carboxylic acids is 1. The van der Waals surface area contributed by atoms with E-state index >= 15 is 0 Å². The van der Waals surface area contributed by atoms with Gasteiger partial charge in [-0.1, -0.05) is 0 Å². The summed E-state index contributed by atoms with van der Waals surface area (Å²) in [5.41, 5.74) is 0. The maximum Gasteiger partial charge on any atom is 0.303 e. The number of hydrogen-bond acceptors (Lipinski definition) is 2. The molecule has 1 aliphatic rings. The first-order chi connectivity index (χ1) is 5.20. The van der Waals surface area contributed by atoms with Crippen molar-refractivity contribution in [1.29, 1.82) is 0 Å². The zero-order chi connectivity index (χ0) is 8.27. The fraction of sp³-hybridized carbons (Fsp3) is 0.714. The van der Waals surface area contributed by atoms with Gasteiger partial charge in [0.1, 0.15) is 0 Å². The van der Waals surface area contributed by atoms with Gasteiger partial charge in [0.25, 0.3) is 0 Å². The average molecular weight is 157 g/mol. The maximum absolute atomic E-state index is 10.9. The summed E-state index contributed by atoms with van der Waals surface area (Å²) in [7, 11) is 0. The Morgan fingerprint density at radius 1 is 1.73 bits per heavy atom. The minimum absolute atomic E-state index is 0.00579. The monoisotopic (exact) mass is 157 g/mol. The molecule has 4 heteroatoms. The van der Waals surface area contributed by atoms with Gasteiger partial charge < -0.3 is 10.4 Å². The molecule has 0 aliphatic carbocycles. The van der Waals surface area contributed by atoms with Crippen LogP contribution < -0.4 is 5.32 Å². The molecule has 4 nitrogen and oxygen atoms in total. The molecule has 0 saturated carbocycles. The number of carboxylic acid groups (broad SMARTS) is 1. The van der Waals surface area contributed by atoms with E-state index in [0.29, 0.717) is 13.0 Å². The summed E-state index contributed by atoms with van der Waals surface area (Å²) >= 11 is 0. The highest BCUT2D eigenvalue weighted by Gasteiger charge is 2.23. The number of carbonyl (C=O) groups is 2. The molecule has 1 unspecified atom stereocenters. The third kappa shape index (κ3) is 2.22. The fourth-order valence-electron chi connectivity index (χ4n) is 1.22. The number of amides is 1. The van der Waals surface area contributed by atoms with Crippen molar-refractivity contribution in [2.45, 2.75) is 19.3 Å². The molecule has 1 fully saturated rings. The van der Waals surface area contributed by atoms with E-state index in [4.69, 9.17) is 5.11 Å². The molecular formula is C7H11NO3. The van der Waals surface area contributed by atoms with E-state index in [0.717, 1.165) is 6.42 Å². The smallest absolute Gasteiger partial charge is 0.303 e. The van der Waals surface area contributed by atoms with Crippen molar-refractivity contribution in [2.24, 2.45) is 5.92 Å². The van der Waals surface area contributed by atoms with Gasteiger partial charge in [0.2, 0.25) is 5.91 Å². The Hall–Kier alpha value is -1.06. The summed E-state index contributed by atoms with van der Waals surface area (Å²) in [6, 6.07) is 0. The van der Waals surface area contributed by atoms with Crippen molar-refractivity contribution in [3.8, 4) is 0 Å². The summed E-state index contributed by atoms with van der Waals surface area (Å²) in [4.78, 5) is 21.0. The van der Waals surface area contributed by atoms with E-state index in [2.05, 4.69) is 5.32 Å². The van der Waals surface area contributed by atoms with Crippen molar-refractivity contribution >= 4 is 11.9 Å². The van der Waals surface area contributed by atoms with Gasteiger partial charge in [0.15, 0.2) is 0 Å². The van der Waals surface area contributed by atoms with Crippen LogP contribution in [0.25, 0.3) is 0 Å². The van der Waals surface area contributed by atoms with E-state index in [1.54, 1.807) is 0 Å². The van der Waals surface area contributed by atoms with Gasteiger partial charge in [-0.25, -0.2) is 0 Å². The van der Waals surface area contributed by atoms with Crippen molar-refractivity contribution in [3.05, 3.63) is 0 Å². The highest BCUT2D eigenvalue weighted by atomic mass is 16.4. The highest BCUT2D eigenvalue weighted by molar-refractivity contribution is 5.81. The molecule has 1 saturated heterocycles. The summed E-state index contributed by atoms with van der Waals surface area (Å²) in [5, 5.41) is 11.0. The lowest BCUT2D eigenvalue weighted by atomic mass is 10.0. The first-order valence-corrected chi connectivity index (χ1v) is 3.69. The Kier molecular flexibility index (Phi) is 2.46. The molecule has 1 aliphatic heterocycles. The zero-order valence-electron chi connectivity index (χ0n) is 6.17. The predicted molar refractivity (Wildman–Crippen MR) is 38.0 cm³/mol. The van der Waals surface area contributed by atoms with Crippen LogP contribution in [0.15, 0.2) is 0 Å². The first kappa shape index (κ1) is 8.04. The molecule has 0 aromatic carbocycles. The lowest BCUT2D eigenvalue weighted by molar-refractivity contribution is -0.137. The number of carboxylic acids is 1. The van der Waals surface area contributed by atoms with Crippen LogP contribution in [0, 0.1) is 5.92 Å². The molecule has 1 rings (SSSR count). The summed E-state index contributed by atoms with van der Waals surface area (Å²) < 4.78 is 0. The van der Waals surface area contributed by atoms with E-state index < -0.39 is 5.97 Å². The number of hydrogen-bond donors (Lipinski definition) is 2. The Labute approximate surface area is 64.6 Å². The van der Waals surface area contributed by atoms with Crippen molar-refractivity contribution in [1.82, 2.24) is 5.32 Å². The summed E-state index contributed by atoms with van der Waals surface area (Å²) in [5.74, 6) is -0.887. The third-order valence-electron chi connectivity index (χ3n) is 1.87.